The zero-order valence-corrected chi connectivity index (χ0v) is 7.85. The molecular weight excluding hydrogens is 176 g/mol. The van der Waals surface area contributed by atoms with Crippen LogP contribution in [0.25, 0.3) is 0 Å². The van der Waals surface area contributed by atoms with Crippen molar-refractivity contribution in [2.45, 2.75) is 13.5 Å². The van der Waals surface area contributed by atoms with Crippen LogP contribution in [-0.4, -0.2) is 12.1 Å². The second kappa shape index (κ2) is 3.74. The molecule has 0 aliphatic rings. The highest BCUT2D eigenvalue weighted by Gasteiger charge is 2.06. The standard InChI is InChI=1S/C8H11ClN2O/c1-5-7(9)3-6(4-10)8(11-5)12-2/h3H,4,10H2,1-2H3. The smallest absolute Gasteiger partial charge is 0.217 e. The number of methoxy groups -OCH3 is 1. The van der Waals surface area contributed by atoms with Crippen molar-refractivity contribution in [3.05, 3.63) is 22.3 Å². The van der Waals surface area contributed by atoms with Crippen molar-refractivity contribution in [2.24, 2.45) is 5.73 Å². The van der Waals surface area contributed by atoms with Gasteiger partial charge in [0.15, 0.2) is 0 Å². The van der Waals surface area contributed by atoms with Crippen molar-refractivity contribution >= 4 is 11.6 Å². The SMILES string of the molecule is COc1nc(C)c(Cl)cc1CN. The Kier molecular flexibility index (Phi) is 2.89. The van der Waals surface area contributed by atoms with Crippen molar-refractivity contribution in [3.8, 4) is 5.88 Å². The van der Waals surface area contributed by atoms with Crippen LogP contribution < -0.4 is 10.5 Å². The van der Waals surface area contributed by atoms with E-state index in [-0.39, 0.29) is 0 Å². The fourth-order valence-corrected chi connectivity index (χ4v) is 1.09. The van der Waals surface area contributed by atoms with Gasteiger partial charge in [-0.25, -0.2) is 4.98 Å². The first-order valence-electron chi connectivity index (χ1n) is 3.59. The third kappa shape index (κ3) is 1.68. The Balaban J connectivity index is 3.19. The summed E-state index contributed by atoms with van der Waals surface area (Å²) in [4.78, 5) is 4.13. The van der Waals surface area contributed by atoms with Gasteiger partial charge in [0.1, 0.15) is 0 Å². The number of ether oxygens (including phenoxy) is 1. The largest absolute Gasteiger partial charge is 0.481 e. The molecule has 0 saturated carbocycles. The minimum absolute atomic E-state index is 0.385. The molecule has 4 heteroatoms. The molecule has 2 N–H and O–H groups in total. The highest BCUT2D eigenvalue weighted by molar-refractivity contribution is 6.31. The molecule has 0 saturated heterocycles. The third-order valence-corrected chi connectivity index (χ3v) is 1.99. The molecule has 0 radical (unpaired) electrons. The Morgan fingerprint density at radius 3 is 2.83 bits per heavy atom. The summed E-state index contributed by atoms with van der Waals surface area (Å²) in [5.74, 6) is 0.555. The van der Waals surface area contributed by atoms with E-state index in [0.717, 1.165) is 11.3 Å². The maximum atomic E-state index is 5.85. The first-order chi connectivity index (χ1) is 5.69. The fraction of sp³-hybridized carbons (Fsp3) is 0.375. The molecule has 3 nitrogen and oxygen atoms in total. The van der Waals surface area contributed by atoms with E-state index < -0.39 is 0 Å². The monoisotopic (exact) mass is 186 g/mol. The summed E-state index contributed by atoms with van der Waals surface area (Å²) >= 11 is 5.85. The average molecular weight is 187 g/mol. The number of pyridine rings is 1. The number of halogens is 1. The number of rotatable bonds is 2. The summed E-state index contributed by atoms with van der Waals surface area (Å²) in [6, 6.07) is 1.78. The minimum Gasteiger partial charge on any atom is -0.481 e. The highest BCUT2D eigenvalue weighted by atomic mass is 35.5. The van der Waals surface area contributed by atoms with Crippen LogP contribution in [0.3, 0.4) is 0 Å². The van der Waals surface area contributed by atoms with E-state index in [9.17, 15) is 0 Å². The topological polar surface area (TPSA) is 48.1 Å². The van der Waals surface area contributed by atoms with Crippen molar-refractivity contribution in [2.75, 3.05) is 7.11 Å². The Morgan fingerprint density at radius 2 is 2.33 bits per heavy atom. The van der Waals surface area contributed by atoms with Gasteiger partial charge < -0.3 is 10.5 Å². The molecule has 1 aromatic heterocycles. The summed E-state index contributed by atoms with van der Waals surface area (Å²) in [5, 5.41) is 0.622. The van der Waals surface area contributed by atoms with Crippen LogP contribution in [0.5, 0.6) is 5.88 Å². The molecule has 1 rings (SSSR count). The number of hydrogen-bond acceptors (Lipinski definition) is 3. The van der Waals surface area contributed by atoms with Crippen LogP contribution in [0.15, 0.2) is 6.07 Å². The molecule has 0 bridgehead atoms. The number of aryl methyl sites for hydroxylation is 1. The van der Waals surface area contributed by atoms with E-state index in [0.29, 0.717) is 17.4 Å². The van der Waals surface area contributed by atoms with Gasteiger partial charge >= 0.3 is 0 Å². The first kappa shape index (κ1) is 9.29. The molecule has 0 aromatic carbocycles. The van der Waals surface area contributed by atoms with E-state index in [2.05, 4.69) is 4.98 Å². The first-order valence-corrected chi connectivity index (χ1v) is 3.97. The third-order valence-electron chi connectivity index (χ3n) is 1.60. The summed E-state index contributed by atoms with van der Waals surface area (Å²) in [6.07, 6.45) is 0. The van der Waals surface area contributed by atoms with Gasteiger partial charge in [0, 0.05) is 12.1 Å². The molecule has 0 fully saturated rings. The van der Waals surface area contributed by atoms with Gasteiger partial charge in [-0.3, -0.25) is 0 Å². The Hall–Kier alpha value is -0.800. The van der Waals surface area contributed by atoms with E-state index in [1.165, 1.54) is 0 Å². The normalized spacial score (nSPS) is 10.0. The van der Waals surface area contributed by atoms with Gasteiger partial charge in [0.05, 0.1) is 17.8 Å². The molecule has 66 valence electrons. The van der Waals surface area contributed by atoms with Crippen molar-refractivity contribution in [1.29, 1.82) is 0 Å². The molecular formula is C8H11ClN2O. The van der Waals surface area contributed by atoms with Gasteiger partial charge in [-0.1, -0.05) is 11.6 Å². The van der Waals surface area contributed by atoms with Crippen LogP contribution in [-0.2, 0) is 6.54 Å². The molecule has 1 heterocycles. The maximum Gasteiger partial charge on any atom is 0.217 e. The van der Waals surface area contributed by atoms with Crippen molar-refractivity contribution in [3.63, 3.8) is 0 Å². The van der Waals surface area contributed by atoms with Crippen molar-refractivity contribution < 1.29 is 4.74 Å². The van der Waals surface area contributed by atoms with E-state index in [4.69, 9.17) is 22.1 Å². The number of nitrogens with zero attached hydrogens (tertiary/aromatic N) is 1. The zero-order chi connectivity index (χ0) is 9.14. The number of nitrogens with two attached hydrogens (primary N) is 1. The second-order valence-electron chi connectivity index (χ2n) is 2.43. The quantitative estimate of drug-likeness (QED) is 0.762. The molecule has 0 aliphatic carbocycles. The van der Waals surface area contributed by atoms with E-state index >= 15 is 0 Å². The van der Waals surface area contributed by atoms with E-state index in [1.807, 2.05) is 6.92 Å². The van der Waals surface area contributed by atoms with Gasteiger partial charge in [0.2, 0.25) is 5.88 Å². The van der Waals surface area contributed by atoms with E-state index in [1.54, 1.807) is 13.2 Å². The predicted molar refractivity (Wildman–Crippen MR) is 48.4 cm³/mol. The summed E-state index contributed by atoms with van der Waals surface area (Å²) in [7, 11) is 1.56. The van der Waals surface area contributed by atoms with Gasteiger partial charge in [-0.05, 0) is 13.0 Å². The second-order valence-corrected chi connectivity index (χ2v) is 2.84. The molecule has 0 amide bonds. The van der Waals surface area contributed by atoms with Gasteiger partial charge in [-0.2, -0.15) is 0 Å². The lowest BCUT2D eigenvalue weighted by Crippen LogP contribution is -2.02. The molecule has 1 aromatic rings. The zero-order valence-electron chi connectivity index (χ0n) is 7.10. The Labute approximate surface area is 76.5 Å². The molecule has 12 heavy (non-hydrogen) atoms. The summed E-state index contributed by atoms with van der Waals surface area (Å²) in [6.45, 7) is 2.21. The van der Waals surface area contributed by atoms with Gasteiger partial charge in [0.25, 0.3) is 0 Å². The van der Waals surface area contributed by atoms with Crippen LogP contribution in [0.1, 0.15) is 11.3 Å². The predicted octanol–water partition coefficient (Wildman–Crippen LogP) is 1.51. The molecule has 0 atom stereocenters. The lowest BCUT2D eigenvalue weighted by atomic mass is 10.2. The fourth-order valence-electron chi connectivity index (χ4n) is 0.920. The van der Waals surface area contributed by atoms with Crippen LogP contribution in [0.4, 0.5) is 0 Å². The summed E-state index contributed by atoms with van der Waals surface area (Å²) < 4.78 is 5.02. The summed E-state index contributed by atoms with van der Waals surface area (Å²) in [5.41, 5.74) is 7.05. The highest BCUT2D eigenvalue weighted by Crippen LogP contribution is 2.21. The Bertz CT molecular complexity index is 260. The van der Waals surface area contributed by atoms with Crippen molar-refractivity contribution in [1.82, 2.24) is 4.98 Å². The number of hydrogen-bond donors (Lipinski definition) is 1. The molecule has 0 aliphatic heterocycles. The van der Waals surface area contributed by atoms with Crippen LogP contribution >= 0.6 is 11.6 Å². The lowest BCUT2D eigenvalue weighted by molar-refractivity contribution is 0.391. The van der Waals surface area contributed by atoms with Crippen LogP contribution in [0.2, 0.25) is 5.02 Å². The minimum atomic E-state index is 0.385. The number of aromatic nitrogens is 1. The average Bonchev–Trinajstić information content (AvgIpc) is 2.09. The maximum absolute atomic E-state index is 5.85. The Morgan fingerprint density at radius 1 is 1.67 bits per heavy atom. The molecule has 0 unspecified atom stereocenters. The molecule has 0 spiro atoms. The van der Waals surface area contributed by atoms with Gasteiger partial charge in [-0.15, -0.1) is 0 Å². The lowest BCUT2D eigenvalue weighted by Gasteiger charge is -2.07. The van der Waals surface area contributed by atoms with Crippen LogP contribution in [0, 0.1) is 6.92 Å².